The summed E-state index contributed by atoms with van der Waals surface area (Å²) in [4.78, 5) is 24.6. The highest BCUT2D eigenvalue weighted by Gasteiger charge is 2.31. The fourth-order valence-electron chi connectivity index (χ4n) is 2.15. The molecule has 22 heavy (non-hydrogen) atoms. The molecule has 1 aromatic heterocycles. The number of esters is 1. The van der Waals surface area contributed by atoms with E-state index >= 15 is 0 Å². The van der Waals surface area contributed by atoms with Crippen LogP contribution in [-0.2, 0) is 9.53 Å². The number of rotatable bonds is 5. The van der Waals surface area contributed by atoms with Gasteiger partial charge in [0.05, 0.1) is 6.26 Å². The van der Waals surface area contributed by atoms with Gasteiger partial charge in [-0.2, -0.15) is 0 Å². The van der Waals surface area contributed by atoms with Gasteiger partial charge < -0.3 is 14.5 Å². The van der Waals surface area contributed by atoms with Crippen LogP contribution >= 0.6 is 0 Å². The first-order valence-electron chi connectivity index (χ1n) is 7.25. The Morgan fingerprint density at radius 1 is 1.23 bits per heavy atom. The van der Waals surface area contributed by atoms with Crippen molar-refractivity contribution >= 4 is 11.9 Å². The van der Waals surface area contributed by atoms with Crippen molar-refractivity contribution in [3.63, 3.8) is 0 Å². The van der Waals surface area contributed by atoms with Crippen LogP contribution in [0.25, 0.3) is 0 Å². The van der Waals surface area contributed by atoms with E-state index in [1.54, 1.807) is 37.3 Å². The van der Waals surface area contributed by atoms with Crippen LogP contribution in [0, 0.1) is 6.92 Å². The van der Waals surface area contributed by atoms with E-state index < -0.39 is 12.1 Å². The second-order valence-corrected chi connectivity index (χ2v) is 5.41. The van der Waals surface area contributed by atoms with Crippen molar-refractivity contribution in [3.05, 3.63) is 59.5 Å². The third-order valence-corrected chi connectivity index (χ3v) is 3.54. The molecular formula is C17H17NO4. The first-order valence-corrected chi connectivity index (χ1v) is 7.25. The van der Waals surface area contributed by atoms with Gasteiger partial charge in [0.25, 0.3) is 5.91 Å². The maximum atomic E-state index is 12.4. The number of hydrogen-bond donors (Lipinski definition) is 1. The number of amides is 1. The molecule has 5 nitrogen and oxygen atoms in total. The molecule has 2 aromatic rings. The molecule has 0 unspecified atom stereocenters. The minimum Gasteiger partial charge on any atom is -0.457 e. The summed E-state index contributed by atoms with van der Waals surface area (Å²) in [5.74, 6) is -0.811. The van der Waals surface area contributed by atoms with Gasteiger partial charge in [0.2, 0.25) is 11.9 Å². The number of carbonyl (C=O) groups excluding carboxylic acids is 2. The van der Waals surface area contributed by atoms with E-state index in [0.29, 0.717) is 11.1 Å². The molecular weight excluding hydrogens is 282 g/mol. The first-order chi connectivity index (χ1) is 10.6. The van der Waals surface area contributed by atoms with E-state index in [1.165, 1.54) is 6.26 Å². The van der Waals surface area contributed by atoms with Crippen molar-refractivity contribution in [2.75, 3.05) is 0 Å². The summed E-state index contributed by atoms with van der Waals surface area (Å²) in [5, 5.41) is 2.87. The largest absolute Gasteiger partial charge is 0.457 e. The summed E-state index contributed by atoms with van der Waals surface area (Å²) in [6, 6.07) is 10.9. The average Bonchev–Trinajstić information content (AvgIpc) is 3.23. The summed E-state index contributed by atoms with van der Waals surface area (Å²) in [6.45, 7) is 1.75. The van der Waals surface area contributed by atoms with Gasteiger partial charge >= 0.3 is 5.97 Å². The van der Waals surface area contributed by atoms with Gasteiger partial charge in [-0.25, -0.2) is 4.79 Å². The van der Waals surface area contributed by atoms with E-state index in [4.69, 9.17) is 9.15 Å². The van der Waals surface area contributed by atoms with Gasteiger partial charge in [-0.05, 0) is 25.8 Å². The molecule has 0 saturated heterocycles. The molecule has 0 spiro atoms. The molecule has 1 amide bonds. The highest BCUT2D eigenvalue weighted by molar-refractivity contribution is 5.91. The normalized spacial score (nSPS) is 15.1. The zero-order chi connectivity index (χ0) is 15.5. The highest BCUT2D eigenvalue weighted by Crippen LogP contribution is 2.24. The molecule has 1 aliphatic carbocycles. The quantitative estimate of drug-likeness (QED) is 0.862. The average molecular weight is 299 g/mol. The van der Waals surface area contributed by atoms with Gasteiger partial charge in [0, 0.05) is 17.2 Å². The van der Waals surface area contributed by atoms with E-state index in [-0.39, 0.29) is 17.7 Å². The molecule has 1 fully saturated rings. The van der Waals surface area contributed by atoms with E-state index in [9.17, 15) is 9.59 Å². The summed E-state index contributed by atoms with van der Waals surface area (Å²) in [6.07, 6.45) is 2.39. The molecule has 1 aliphatic rings. The molecule has 0 bridgehead atoms. The van der Waals surface area contributed by atoms with Crippen LogP contribution in [-0.4, -0.2) is 17.9 Å². The van der Waals surface area contributed by atoms with Crippen LogP contribution in [0.2, 0.25) is 0 Å². The predicted octanol–water partition coefficient (Wildman–Crippen LogP) is 2.76. The Morgan fingerprint density at radius 2 is 1.95 bits per heavy atom. The topological polar surface area (TPSA) is 68.5 Å². The summed E-state index contributed by atoms with van der Waals surface area (Å²) in [7, 11) is 0. The van der Waals surface area contributed by atoms with Gasteiger partial charge in [0.15, 0.2) is 0 Å². The van der Waals surface area contributed by atoms with Crippen molar-refractivity contribution < 1.29 is 18.7 Å². The first kappa shape index (κ1) is 14.4. The molecule has 114 valence electrons. The highest BCUT2D eigenvalue weighted by atomic mass is 16.6. The lowest BCUT2D eigenvalue weighted by atomic mass is 10.1. The molecule has 5 heteroatoms. The Balaban J connectivity index is 1.80. The second kappa shape index (κ2) is 6.05. The maximum absolute atomic E-state index is 12.4. The van der Waals surface area contributed by atoms with Crippen LogP contribution < -0.4 is 5.32 Å². The minimum absolute atomic E-state index is 0.125. The van der Waals surface area contributed by atoms with E-state index in [1.807, 2.05) is 6.07 Å². The third-order valence-electron chi connectivity index (χ3n) is 3.54. The fourth-order valence-corrected chi connectivity index (χ4v) is 2.15. The minimum atomic E-state index is -0.973. The molecule has 0 aliphatic heterocycles. The second-order valence-electron chi connectivity index (χ2n) is 5.41. The fraction of sp³-hybridized carbons (Fsp3) is 0.294. The van der Waals surface area contributed by atoms with Gasteiger partial charge in [-0.1, -0.05) is 30.3 Å². The molecule has 0 radical (unpaired) electrons. The summed E-state index contributed by atoms with van der Waals surface area (Å²) in [5.41, 5.74) is 1.32. The van der Waals surface area contributed by atoms with Crippen LogP contribution in [0.1, 0.15) is 40.6 Å². The lowest BCUT2D eigenvalue weighted by molar-refractivity contribution is -0.130. The molecule has 3 rings (SSSR count). The zero-order valence-electron chi connectivity index (χ0n) is 12.2. The van der Waals surface area contributed by atoms with Crippen LogP contribution in [0.4, 0.5) is 0 Å². The molecule has 1 N–H and O–H groups in total. The predicted molar refractivity (Wildman–Crippen MR) is 79.2 cm³/mol. The Labute approximate surface area is 128 Å². The van der Waals surface area contributed by atoms with Gasteiger partial charge in [-0.15, -0.1) is 0 Å². The summed E-state index contributed by atoms with van der Waals surface area (Å²) < 4.78 is 10.5. The molecule has 1 heterocycles. The number of nitrogens with one attached hydrogen (secondary N) is 1. The molecule has 1 saturated carbocycles. The smallest absolute Gasteiger partial charge is 0.375 e. The van der Waals surface area contributed by atoms with Crippen LogP contribution in [0.5, 0.6) is 0 Å². The Bertz CT molecular complexity index is 673. The van der Waals surface area contributed by atoms with E-state index in [2.05, 4.69) is 5.32 Å². The van der Waals surface area contributed by atoms with Crippen LogP contribution in [0.15, 0.2) is 47.1 Å². The van der Waals surface area contributed by atoms with Gasteiger partial charge in [0.1, 0.15) is 0 Å². The number of carbonyl (C=O) groups is 2. The van der Waals surface area contributed by atoms with E-state index in [0.717, 1.165) is 12.8 Å². The van der Waals surface area contributed by atoms with Crippen molar-refractivity contribution in [3.8, 4) is 0 Å². The number of furan rings is 1. The van der Waals surface area contributed by atoms with Gasteiger partial charge in [-0.3, -0.25) is 4.79 Å². The monoisotopic (exact) mass is 299 g/mol. The van der Waals surface area contributed by atoms with Crippen molar-refractivity contribution in [2.45, 2.75) is 31.9 Å². The number of benzene rings is 1. The lowest BCUT2D eigenvalue weighted by Gasteiger charge is -2.17. The number of hydrogen-bond acceptors (Lipinski definition) is 4. The standard InChI is InChI=1S/C17H17NO4/c1-11-9-10-21-14(11)17(20)22-15(12-5-3-2-4-6-12)16(19)18-13-7-8-13/h2-6,9-10,13,15H,7-8H2,1H3,(H,18,19)/t15-/m1/s1. The van der Waals surface area contributed by atoms with Crippen molar-refractivity contribution in [2.24, 2.45) is 0 Å². The Kier molecular flexibility index (Phi) is 3.96. The number of ether oxygens (including phenoxy) is 1. The zero-order valence-corrected chi connectivity index (χ0v) is 12.2. The molecule has 1 aromatic carbocycles. The Hall–Kier alpha value is -2.56. The van der Waals surface area contributed by atoms with Crippen molar-refractivity contribution in [1.29, 1.82) is 0 Å². The lowest BCUT2D eigenvalue weighted by Crippen LogP contribution is -2.33. The SMILES string of the molecule is Cc1ccoc1C(=O)O[C@@H](C(=O)NC1CC1)c1ccccc1. The maximum Gasteiger partial charge on any atom is 0.375 e. The van der Waals surface area contributed by atoms with Crippen molar-refractivity contribution in [1.82, 2.24) is 5.32 Å². The molecule has 1 atom stereocenters. The van der Waals surface area contributed by atoms with Crippen LogP contribution in [0.3, 0.4) is 0 Å². The summed E-state index contributed by atoms with van der Waals surface area (Å²) >= 11 is 0. The Morgan fingerprint density at radius 3 is 2.55 bits per heavy atom. The third kappa shape index (κ3) is 3.19. The number of aryl methyl sites for hydroxylation is 1.